The molecule has 0 saturated heterocycles. The number of halogens is 1. The van der Waals surface area contributed by atoms with E-state index < -0.39 is 0 Å². The van der Waals surface area contributed by atoms with E-state index in [2.05, 4.69) is 9.65 Å². The highest BCUT2D eigenvalue weighted by Gasteiger charge is 2.12. The van der Waals surface area contributed by atoms with Crippen LogP contribution >= 0.6 is 23.0 Å². The van der Waals surface area contributed by atoms with Crippen LogP contribution in [0.2, 0.25) is 0 Å². The van der Waals surface area contributed by atoms with Crippen molar-refractivity contribution in [2.75, 3.05) is 0 Å². The normalized spacial score (nSPS) is 12.1. The Balaban J connectivity index is 3.27. The highest BCUT2D eigenvalue weighted by Crippen LogP contribution is 2.13. The van der Waals surface area contributed by atoms with E-state index in [4.69, 9.17) is 0 Å². The van der Waals surface area contributed by atoms with Gasteiger partial charge in [0.05, 0.1) is 5.92 Å². The first-order chi connectivity index (χ1) is 6.72. The minimum Gasteiger partial charge on any atom is -0.394 e. The van der Waals surface area contributed by atoms with Gasteiger partial charge in [0.2, 0.25) is 0 Å². The monoisotopic (exact) mass is 310 g/mol. The van der Waals surface area contributed by atoms with Crippen molar-refractivity contribution < 1.29 is 7.86 Å². The molecule has 0 fully saturated rings. The average molecular weight is 310 g/mol. The first-order valence-corrected chi connectivity index (χ1v) is 6.03. The van der Waals surface area contributed by atoms with Crippen molar-refractivity contribution in [3.8, 4) is 0 Å². The van der Waals surface area contributed by atoms with Crippen molar-refractivity contribution >= 4 is 29.0 Å². The van der Waals surface area contributed by atoms with Crippen LogP contribution in [0.4, 0.5) is 0 Å². The van der Waals surface area contributed by atoms with E-state index in [1.165, 1.54) is 19.3 Å². The molecule has 0 aromatic heterocycles. The van der Waals surface area contributed by atoms with Crippen LogP contribution in [0.15, 0.2) is 12.7 Å². The van der Waals surface area contributed by atoms with Crippen LogP contribution in [-0.4, -0.2) is 5.97 Å². The first-order valence-electron chi connectivity index (χ1n) is 5.15. The van der Waals surface area contributed by atoms with E-state index >= 15 is 0 Å². The molecule has 2 nitrogen and oxygen atoms in total. The third-order valence-electron chi connectivity index (χ3n) is 2.27. The summed E-state index contributed by atoms with van der Waals surface area (Å²) in [5.74, 6) is -0.0528. The van der Waals surface area contributed by atoms with Gasteiger partial charge in [0.15, 0.2) is 23.0 Å². The molecule has 3 heteroatoms. The van der Waals surface area contributed by atoms with Crippen molar-refractivity contribution in [2.24, 2.45) is 5.92 Å². The van der Waals surface area contributed by atoms with Crippen molar-refractivity contribution in [3.05, 3.63) is 12.7 Å². The van der Waals surface area contributed by atoms with Crippen molar-refractivity contribution in [2.45, 2.75) is 45.4 Å². The van der Waals surface area contributed by atoms with Gasteiger partial charge < -0.3 is 3.07 Å². The van der Waals surface area contributed by atoms with Crippen molar-refractivity contribution in [1.29, 1.82) is 0 Å². The Morgan fingerprint density at radius 1 is 1.43 bits per heavy atom. The van der Waals surface area contributed by atoms with Crippen LogP contribution in [0, 0.1) is 5.92 Å². The summed E-state index contributed by atoms with van der Waals surface area (Å²) in [5.41, 5.74) is 0. The van der Waals surface area contributed by atoms with E-state index in [1.54, 1.807) is 23.0 Å². The zero-order valence-corrected chi connectivity index (χ0v) is 11.0. The highest BCUT2D eigenvalue weighted by molar-refractivity contribution is 14.1. The van der Waals surface area contributed by atoms with E-state index in [1.807, 2.05) is 13.0 Å². The van der Waals surface area contributed by atoms with E-state index in [-0.39, 0.29) is 11.9 Å². The molecule has 0 amide bonds. The smallest absolute Gasteiger partial charge is 0.318 e. The number of carbonyl (C=O) groups is 1. The lowest BCUT2D eigenvalue weighted by Crippen LogP contribution is -2.09. The molecule has 0 N–H and O–H groups in total. The summed E-state index contributed by atoms with van der Waals surface area (Å²) in [6, 6.07) is 0. The number of hydrogen-bond donors (Lipinski definition) is 0. The van der Waals surface area contributed by atoms with E-state index in [0.717, 1.165) is 19.3 Å². The van der Waals surface area contributed by atoms with Gasteiger partial charge in [-0.25, -0.2) is 0 Å². The highest BCUT2D eigenvalue weighted by atomic mass is 127. The molecule has 0 rings (SSSR count). The molecule has 0 spiro atoms. The van der Waals surface area contributed by atoms with E-state index in [0.29, 0.717) is 0 Å². The summed E-state index contributed by atoms with van der Waals surface area (Å²) in [6.45, 7) is 5.60. The molecular formula is C11H19IO2. The fourth-order valence-corrected chi connectivity index (χ4v) is 1.72. The molecule has 1 unspecified atom stereocenters. The second-order valence-electron chi connectivity index (χ2n) is 3.58. The van der Waals surface area contributed by atoms with E-state index in [9.17, 15) is 4.79 Å². The Morgan fingerprint density at radius 2 is 2.07 bits per heavy atom. The second kappa shape index (κ2) is 9.49. The van der Waals surface area contributed by atoms with Crippen molar-refractivity contribution in [1.82, 2.24) is 0 Å². The summed E-state index contributed by atoms with van der Waals surface area (Å²) in [6.07, 6.45) is 8.76. The standard InChI is InChI=1S/C11H19IO2/c1-3-4-5-6-7-8-9-10(2)11(13)14-12/h3,10H,1,4-9H2,2H3. The summed E-state index contributed by atoms with van der Waals surface area (Å²) in [7, 11) is 0. The predicted octanol–water partition coefficient (Wildman–Crippen LogP) is 4.04. The number of allylic oxidation sites excluding steroid dienone is 1. The SMILES string of the molecule is C=CCCCCCCC(C)C(=O)OI. The van der Waals surface area contributed by atoms with Gasteiger partial charge in [-0.15, -0.1) is 6.58 Å². The number of rotatable bonds is 8. The Hall–Kier alpha value is -0.0600. The van der Waals surface area contributed by atoms with Crippen LogP contribution in [0.3, 0.4) is 0 Å². The number of unbranched alkanes of at least 4 members (excludes halogenated alkanes) is 4. The summed E-state index contributed by atoms with van der Waals surface area (Å²) >= 11 is 1.65. The van der Waals surface area contributed by atoms with Crippen LogP contribution in [0.1, 0.15) is 45.4 Å². The van der Waals surface area contributed by atoms with Crippen molar-refractivity contribution in [3.63, 3.8) is 0 Å². The van der Waals surface area contributed by atoms with Gasteiger partial charge in [-0.2, -0.15) is 0 Å². The molecule has 0 bridgehead atoms. The van der Waals surface area contributed by atoms with Gasteiger partial charge in [-0.3, -0.25) is 4.79 Å². The number of hydrogen-bond acceptors (Lipinski definition) is 2. The van der Waals surface area contributed by atoms with Crippen LogP contribution in [0.5, 0.6) is 0 Å². The fraction of sp³-hybridized carbons (Fsp3) is 0.727. The molecule has 14 heavy (non-hydrogen) atoms. The largest absolute Gasteiger partial charge is 0.394 e. The Bertz CT molecular complexity index is 169. The molecule has 0 aromatic rings. The van der Waals surface area contributed by atoms with Crippen LogP contribution < -0.4 is 0 Å². The molecule has 0 aromatic carbocycles. The minimum absolute atomic E-state index is 0.0475. The molecular weight excluding hydrogens is 291 g/mol. The summed E-state index contributed by atoms with van der Waals surface area (Å²) < 4.78 is 4.63. The maximum absolute atomic E-state index is 11.0. The van der Waals surface area contributed by atoms with Crippen LogP contribution in [0.25, 0.3) is 0 Å². The fourth-order valence-electron chi connectivity index (χ4n) is 1.29. The quantitative estimate of drug-likeness (QED) is 0.384. The Labute approximate surface area is 101 Å². The zero-order valence-electron chi connectivity index (χ0n) is 8.80. The lowest BCUT2D eigenvalue weighted by Gasteiger charge is -2.06. The third-order valence-corrected chi connectivity index (χ3v) is 2.71. The molecule has 0 saturated carbocycles. The van der Waals surface area contributed by atoms with Gasteiger partial charge in [-0.1, -0.05) is 32.3 Å². The van der Waals surface area contributed by atoms with Gasteiger partial charge in [-0.05, 0) is 19.3 Å². The number of carbonyl (C=O) groups excluding carboxylic acids is 1. The molecule has 0 heterocycles. The molecule has 82 valence electrons. The maximum Gasteiger partial charge on any atom is 0.318 e. The van der Waals surface area contributed by atoms with Gasteiger partial charge in [0.1, 0.15) is 0 Å². The second-order valence-corrected chi connectivity index (χ2v) is 4.02. The average Bonchev–Trinajstić information content (AvgIpc) is 2.21. The summed E-state index contributed by atoms with van der Waals surface area (Å²) in [5, 5.41) is 0. The Kier molecular flexibility index (Phi) is 9.45. The first kappa shape index (κ1) is 13.9. The lowest BCUT2D eigenvalue weighted by atomic mass is 10.0. The minimum atomic E-state index is -0.100. The Morgan fingerprint density at radius 3 is 2.64 bits per heavy atom. The molecule has 0 aliphatic rings. The molecule has 0 aliphatic heterocycles. The van der Waals surface area contributed by atoms with Gasteiger partial charge in [0, 0.05) is 0 Å². The molecule has 1 atom stereocenters. The van der Waals surface area contributed by atoms with Crippen LogP contribution in [-0.2, 0) is 7.86 Å². The zero-order chi connectivity index (χ0) is 10.8. The molecule has 0 aliphatic carbocycles. The summed E-state index contributed by atoms with van der Waals surface area (Å²) in [4.78, 5) is 11.0. The van der Waals surface area contributed by atoms with Gasteiger partial charge in [0.25, 0.3) is 0 Å². The molecule has 0 radical (unpaired) electrons. The van der Waals surface area contributed by atoms with Gasteiger partial charge >= 0.3 is 5.97 Å². The third kappa shape index (κ3) is 7.35. The topological polar surface area (TPSA) is 26.3 Å². The maximum atomic E-state index is 11.0. The predicted molar refractivity (Wildman–Crippen MR) is 67.2 cm³/mol. The lowest BCUT2D eigenvalue weighted by molar-refractivity contribution is -0.135.